The lowest BCUT2D eigenvalue weighted by molar-refractivity contribution is 0.0960. The van der Waals surface area contributed by atoms with E-state index in [1.54, 1.807) is 13.1 Å². The van der Waals surface area contributed by atoms with E-state index in [0.29, 0.717) is 6.54 Å². The van der Waals surface area contributed by atoms with Crippen LogP contribution in [0.1, 0.15) is 61.6 Å². The van der Waals surface area contributed by atoms with Gasteiger partial charge in [-0.05, 0) is 30.9 Å². The number of nitrogens with one attached hydrogen (secondary N) is 1. The first-order valence-electron chi connectivity index (χ1n) is 7.58. The molecule has 0 atom stereocenters. The largest absolute Gasteiger partial charge is 0.355 e. The van der Waals surface area contributed by atoms with Crippen molar-refractivity contribution in [1.82, 2.24) is 9.88 Å². The van der Waals surface area contributed by atoms with Crippen LogP contribution < -0.4 is 10.9 Å². The van der Waals surface area contributed by atoms with Crippen molar-refractivity contribution < 1.29 is 4.79 Å². The summed E-state index contributed by atoms with van der Waals surface area (Å²) in [5.74, 6) is -0.294. The lowest BCUT2D eigenvalue weighted by Crippen LogP contribution is -2.34. The predicted molar refractivity (Wildman–Crippen MR) is 82.4 cm³/mol. The Kier molecular flexibility index (Phi) is 6.49. The number of rotatable bonds is 7. The van der Waals surface area contributed by atoms with Gasteiger partial charge in [0.15, 0.2) is 0 Å². The topological polar surface area (TPSA) is 51.1 Å². The standard InChI is InChI=1S/C16H26N2O2/c1-5-8-10-18-14(9-6-2)12(7-3)11-13(16(18)20)15(19)17-4/h11H,5-10H2,1-4H3,(H,17,19). The number of aryl methyl sites for hydroxylation is 1. The molecule has 0 spiro atoms. The predicted octanol–water partition coefficient (Wildman–Crippen LogP) is 2.52. The Labute approximate surface area is 121 Å². The highest BCUT2D eigenvalue weighted by atomic mass is 16.2. The first-order chi connectivity index (χ1) is 9.60. The highest BCUT2D eigenvalue weighted by Crippen LogP contribution is 2.13. The fourth-order valence-corrected chi connectivity index (χ4v) is 2.45. The van der Waals surface area contributed by atoms with Crippen molar-refractivity contribution in [2.75, 3.05) is 7.05 Å². The number of carbonyl (C=O) groups is 1. The van der Waals surface area contributed by atoms with Gasteiger partial charge in [-0.25, -0.2) is 0 Å². The van der Waals surface area contributed by atoms with Crippen LogP contribution in [0.3, 0.4) is 0 Å². The molecule has 0 fully saturated rings. The molecule has 1 N–H and O–H groups in total. The highest BCUT2D eigenvalue weighted by molar-refractivity contribution is 5.93. The molecule has 0 aromatic carbocycles. The second-order valence-electron chi connectivity index (χ2n) is 5.02. The molecule has 0 unspecified atom stereocenters. The van der Waals surface area contributed by atoms with E-state index in [1.807, 2.05) is 4.57 Å². The van der Waals surface area contributed by atoms with Gasteiger partial charge in [0.25, 0.3) is 11.5 Å². The fraction of sp³-hybridized carbons (Fsp3) is 0.625. The van der Waals surface area contributed by atoms with Gasteiger partial charge in [-0.2, -0.15) is 0 Å². The molecule has 112 valence electrons. The number of carbonyl (C=O) groups excluding carboxylic acids is 1. The van der Waals surface area contributed by atoms with Crippen LogP contribution in [0, 0.1) is 0 Å². The Morgan fingerprint density at radius 3 is 2.45 bits per heavy atom. The molecule has 0 saturated heterocycles. The maximum Gasteiger partial charge on any atom is 0.263 e. The van der Waals surface area contributed by atoms with E-state index in [9.17, 15) is 9.59 Å². The van der Waals surface area contributed by atoms with Gasteiger partial charge < -0.3 is 9.88 Å². The van der Waals surface area contributed by atoms with Crippen LogP contribution in [0.5, 0.6) is 0 Å². The quantitative estimate of drug-likeness (QED) is 0.833. The zero-order chi connectivity index (χ0) is 15.1. The molecule has 1 aromatic rings. The second kappa shape index (κ2) is 7.88. The van der Waals surface area contributed by atoms with Crippen LogP contribution in [0.25, 0.3) is 0 Å². The van der Waals surface area contributed by atoms with E-state index < -0.39 is 0 Å². The SMILES string of the molecule is CCCCn1c(CCC)c(CC)cc(C(=O)NC)c1=O. The summed E-state index contributed by atoms with van der Waals surface area (Å²) in [5, 5.41) is 2.56. The van der Waals surface area contributed by atoms with Crippen LogP contribution in [0.15, 0.2) is 10.9 Å². The van der Waals surface area contributed by atoms with Gasteiger partial charge in [-0.3, -0.25) is 9.59 Å². The van der Waals surface area contributed by atoms with Gasteiger partial charge in [-0.15, -0.1) is 0 Å². The number of amides is 1. The summed E-state index contributed by atoms with van der Waals surface area (Å²) < 4.78 is 1.82. The molecule has 1 heterocycles. The summed E-state index contributed by atoms with van der Waals surface area (Å²) in [6.07, 6.45) is 4.71. The molecule has 0 aliphatic heterocycles. The molecule has 0 aliphatic carbocycles. The summed E-state index contributed by atoms with van der Waals surface area (Å²) >= 11 is 0. The van der Waals surface area contributed by atoms with Gasteiger partial charge in [0, 0.05) is 19.3 Å². The Balaban J connectivity index is 3.46. The number of hydrogen-bond donors (Lipinski definition) is 1. The van der Waals surface area contributed by atoms with E-state index in [4.69, 9.17) is 0 Å². The minimum Gasteiger partial charge on any atom is -0.355 e. The average Bonchev–Trinajstić information content (AvgIpc) is 2.46. The van der Waals surface area contributed by atoms with E-state index in [0.717, 1.165) is 43.4 Å². The molecule has 1 aromatic heterocycles. The molecule has 1 rings (SSSR count). The average molecular weight is 278 g/mol. The van der Waals surface area contributed by atoms with Gasteiger partial charge in [0.2, 0.25) is 0 Å². The third kappa shape index (κ3) is 3.50. The number of pyridine rings is 1. The maximum absolute atomic E-state index is 12.5. The van der Waals surface area contributed by atoms with Crippen LogP contribution in [-0.2, 0) is 19.4 Å². The van der Waals surface area contributed by atoms with Crippen LogP contribution in [0.2, 0.25) is 0 Å². The third-order valence-corrected chi connectivity index (χ3v) is 3.57. The van der Waals surface area contributed by atoms with Crippen molar-refractivity contribution in [3.05, 3.63) is 33.2 Å². The first kappa shape index (κ1) is 16.5. The van der Waals surface area contributed by atoms with E-state index in [-0.39, 0.29) is 17.0 Å². The van der Waals surface area contributed by atoms with Gasteiger partial charge in [0.05, 0.1) is 0 Å². The Morgan fingerprint density at radius 2 is 1.95 bits per heavy atom. The summed E-state index contributed by atoms with van der Waals surface area (Å²) in [7, 11) is 1.56. The molecule has 0 bridgehead atoms. The molecule has 4 nitrogen and oxygen atoms in total. The number of unbranched alkanes of at least 4 members (excludes halogenated alkanes) is 1. The normalized spacial score (nSPS) is 10.6. The van der Waals surface area contributed by atoms with Gasteiger partial charge >= 0.3 is 0 Å². The van der Waals surface area contributed by atoms with Crippen LogP contribution in [0.4, 0.5) is 0 Å². The van der Waals surface area contributed by atoms with E-state index >= 15 is 0 Å². The monoisotopic (exact) mass is 278 g/mol. The van der Waals surface area contributed by atoms with Crippen molar-refractivity contribution in [2.45, 2.75) is 59.4 Å². The fourth-order valence-electron chi connectivity index (χ4n) is 2.45. The number of nitrogens with zero attached hydrogens (tertiary/aromatic N) is 1. The smallest absolute Gasteiger partial charge is 0.263 e. The van der Waals surface area contributed by atoms with Crippen molar-refractivity contribution in [3.63, 3.8) is 0 Å². The minimum absolute atomic E-state index is 0.154. The molecule has 4 heteroatoms. The number of hydrogen-bond acceptors (Lipinski definition) is 2. The summed E-state index contributed by atoms with van der Waals surface area (Å²) in [6, 6.07) is 1.77. The molecule has 0 saturated carbocycles. The molecular weight excluding hydrogens is 252 g/mol. The zero-order valence-electron chi connectivity index (χ0n) is 13.1. The van der Waals surface area contributed by atoms with Crippen LogP contribution >= 0.6 is 0 Å². The maximum atomic E-state index is 12.5. The third-order valence-electron chi connectivity index (χ3n) is 3.57. The first-order valence-corrected chi connectivity index (χ1v) is 7.58. The summed E-state index contributed by atoms with van der Waals surface area (Å²) in [6.45, 7) is 6.98. The Hall–Kier alpha value is -1.58. The highest BCUT2D eigenvalue weighted by Gasteiger charge is 2.17. The molecular formula is C16H26N2O2. The molecule has 0 radical (unpaired) electrons. The van der Waals surface area contributed by atoms with Crippen molar-refractivity contribution in [1.29, 1.82) is 0 Å². The van der Waals surface area contributed by atoms with E-state index in [1.165, 1.54) is 0 Å². The van der Waals surface area contributed by atoms with E-state index in [2.05, 4.69) is 26.1 Å². The summed E-state index contributed by atoms with van der Waals surface area (Å²) in [4.78, 5) is 24.4. The Bertz CT molecular complexity index is 518. The van der Waals surface area contributed by atoms with Crippen molar-refractivity contribution >= 4 is 5.91 Å². The van der Waals surface area contributed by atoms with Crippen LogP contribution in [-0.4, -0.2) is 17.5 Å². The molecule has 1 amide bonds. The zero-order valence-corrected chi connectivity index (χ0v) is 13.1. The minimum atomic E-state index is -0.294. The molecule has 20 heavy (non-hydrogen) atoms. The van der Waals surface area contributed by atoms with Gasteiger partial charge in [0.1, 0.15) is 5.56 Å². The molecule has 0 aliphatic rings. The Morgan fingerprint density at radius 1 is 1.25 bits per heavy atom. The lowest BCUT2D eigenvalue weighted by atomic mass is 10.0. The lowest BCUT2D eigenvalue weighted by Gasteiger charge is -2.18. The van der Waals surface area contributed by atoms with Crippen molar-refractivity contribution in [2.24, 2.45) is 0 Å². The van der Waals surface area contributed by atoms with Gasteiger partial charge in [-0.1, -0.05) is 33.6 Å². The second-order valence-corrected chi connectivity index (χ2v) is 5.02. The van der Waals surface area contributed by atoms with Crippen molar-refractivity contribution in [3.8, 4) is 0 Å². The summed E-state index contributed by atoms with van der Waals surface area (Å²) in [5.41, 5.74) is 2.32. The number of aromatic nitrogens is 1.